The standard InChI is InChI=1S/C21H26N4O2/c22-18-8-2-1-6-16(18)10-11-20(26)24-17-7-3-5-15(13-17)14-25-12-4-9-19(25)21(23)27/h1-3,5-8,13,19H,4,9-12,14,22H2,(H2,23,27)(H,24,26). The van der Waals surface area contributed by atoms with Crippen LogP contribution in [0, 0.1) is 0 Å². The third-order valence-electron chi connectivity index (χ3n) is 4.96. The van der Waals surface area contributed by atoms with Crippen molar-refractivity contribution in [1.29, 1.82) is 0 Å². The van der Waals surface area contributed by atoms with E-state index >= 15 is 0 Å². The number of anilines is 2. The smallest absolute Gasteiger partial charge is 0.234 e. The van der Waals surface area contributed by atoms with Crippen molar-refractivity contribution in [3.05, 3.63) is 59.7 Å². The molecule has 2 aromatic rings. The molecule has 142 valence electrons. The minimum Gasteiger partial charge on any atom is -0.399 e. The maximum absolute atomic E-state index is 12.3. The van der Waals surface area contributed by atoms with Crippen molar-refractivity contribution in [3.63, 3.8) is 0 Å². The van der Waals surface area contributed by atoms with Crippen LogP contribution >= 0.6 is 0 Å². The lowest BCUT2D eigenvalue weighted by molar-refractivity contribution is -0.122. The number of rotatable bonds is 7. The van der Waals surface area contributed by atoms with Gasteiger partial charge in [-0.15, -0.1) is 0 Å². The van der Waals surface area contributed by atoms with Gasteiger partial charge in [-0.3, -0.25) is 14.5 Å². The molecule has 6 heteroatoms. The van der Waals surface area contributed by atoms with Crippen LogP contribution in [0.1, 0.15) is 30.4 Å². The van der Waals surface area contributed by atoms with Crippen molar-refractivity contribution in [2.75, 3.05) is 17.6 Å². The van der Waals surface area contributed by atoms with Crippen LogP contribution in [0.5, 0.6) is 0 Å². The summed E-state index contributed by atoms with van der Waals surface area (Å²) in [6.45, 7) is 1.51. The maximum atomic E-state index is 12.3. The molecule has 27 heavy (non-hydrogen) atoms. The van der Waals surface area contributed by atoms with Gasteiger partial charge in [-0.1, -0.05) is 30.3 Å². The fourth-order valence-electron chi connectivity index (χ4n) is 3.55. The number of hydrogen-bond donors (Lipinski definition) is 3. The Labute approximate surface area is 159 Å². The van der Waals surface area contributed by atoms with Crippen molar-refractivity contribution in [1.82, 2.24) is 4.90 Å². The van der Waals surface area contributed by atoms with Crippen LogP contribution in [0.15, 0.2) is 48.5 Å². The van der Waals surface area contributed by atoms with Gasteiger partial charge in [0.1, 0.15) is 0 Å². The Hall–Kier alpha value is -2.86. The zero-order valence-electron chi connectivity index (χ0n) is 15.4. The first kappa shape index (κ1) is 18.9. The summed E-state index contributed by atoms with van der Waals surface area (Å²) < 4.78 is 0. The number of nitrogens with one attached hydrogen (secondary N) is 1. The number of primary amides is 1. The van der Waals surface area contributed by atoms with E-state index in [1.807, 2.05) is 48.5 Å². The molecule has 0 aromatic heterocycles. The fraction of sp³-hybridized carbons (Fsp3) is 0.333. The van der Waals surface area contributed by atoms with Gasteiger partial charge in [-0.25, -0.2) is 0 Å². The zero-order valence-corrected chi connectivity index (χ0v) is 15.4. The lowest BCUT2D eigenvalue weighted by Gasteiger charge is -2.22. The van der Waals surface area contributed by atoms with E-state index < -0.39 is 0 Å². The fourth-order valence-corrected chi connectivity index (χ4v) is 3.55. The van der Waals surface area contributed by atoms with Crippen LogP contribution in [0.25, 0.3) is 0 Å². The summed E-state index contributed by atoms with van der Waals surface area (Å²) in [6, 6.07) is 15.1. The van der Waals surface area contributed by atoms with Crippen molar-refractivity contribution in [2.24, 2.45) is 5.73 Å². The van der Waals surface area contributed by atoms with Crippen LogP contribution in [-0.4, -0.2) is 29.3 Å². The molecule has 1 saturated heterocycles. The van der Waals surface area contributed by atoms with E-state index in [4.69, 9.17) is 11.5 Å². The van der Waals surface area contributed by atoms with E-state index in [2.05, 4.69) is 10.2 Å². The largest absolute Gasteiger partial charge is 0.399 e. The monoisotopic (exact) mass is 366 g/mol. The van der Waals surface area contributed by atoms with E-state index in [9.17, 15) is 9.59 Å². The van der Waals surface area contributed by atoms with Gasteiger partial charge in [0.2, 0.25) is 11.8 Å². The number of carbonyl (C=O) groups is 2. The molecule has 0 radical (unpaired) electrons. The molecule has 0 bridgehead atoms. The summed E-state index contributed by atoms with van der Waals surface area (Å²) in [5.41, 5.74) is 14.9. The number of nitrogens with two attached hydrogens (primary N) is 2. The van der Waals surface area contributed by atoms with Crippen molar-refractivity contribution >= 4 is 23.2 Å². The number of likely N-dealkylation sites (tertiary alicyclic amines) is 1. The summed E-state index contributed by atoms with van der Waals surface area (Å²) in [7, 11) is 0. The zero-order chi connectivity index (χ0) is 19.2. The van der Waals surface area contributed by atoms with Gasteiger partial charge >= 0.3 is 0 Å². The van der Waals surface area contributed by atoms with Gasteiger partial charge in [-0.05, 0) is 55.1 Å². The van der Waals surface area contributed by atoms with Crippen LogP contribution in [0.4, 0.5) is 11.4 Å². The molecule has 2 aromatic carbocycles. The Morgan fingerprint density at radius 1 is 1.15 bits per heavy atom. The van der Waals surface area contributed by atoms with E-state index in [0.717, 1.165) is 36.2 Å². The molecule has 1 aliphatic rings. The average molecular weight is 366 g/mol. The SMILES string of the molecule is NC(=O)C1CCCN1Cc1cccc(NC(=O)CCc2ccccc2N)c1. The Balaban J connectivity index is 1.56. The van der Waals surface area contributed by atoms with Crippen LogP contribution < -0.4 is 16.8 Å². The maximum Gasteiger partial charge on any atom is 0.234 e. The Kier molecular flexibility index (Phi) is 6.08. The normalized spacial score (nSPS) is 17.0. The topological polar surface area (TPSA) is 101 Å². The first-order valence-corrected chi connectivity index (χ1v) is 9.28. The lowest BCUT2D eigenvalue weighted by Crippen LogP contribution is -2.39. The van der Waals surface area contributed by atoms with E-state index in [0.29, 0.717) is 25.1 Å². The van der Waals surface area contributed by atoms with Crippen LogP contribution in [0.3, 0.4) is 0 Å². The first-order chi connectivity index (χ1) is 13.0. The van der Waals surface area contributed by atoms with E-state index in [1.165, 1.54) is 0 Å². The molecule has 2 amide bonds. The highest BCUT2D eigenvalue weighted by Gasteiger charge is 2.28. The molecule has 0 aliphatic carbocycles. The Morgan fingerprint density at radius 2 is 1.96 bits per heavy atom. The number of carbonyl (C=O) groups excluding carboxylic acids is 2. The third kappa shape index (κ3) is 5.08. The summed E-state index contributed by atoms with van der Waals surface area (Å²) in [5, 5.41) is 2.94. The van der Waals surface area contributed by atoms with Gasteiger partial charge in [0.15, 0.2) is 0 Å². The second-order valence-corrected chi connectivity index (χ2v) is 6.98. The van der Waals surface area contributed by atoms with Gasteiger partial charge in [0, 0.05) is 24.3 Å². The van der Waals surface area contributed by atoms with Gasteiger partial charge in [0.25, 0.3) is 0 Å². The predicted molar refractivity (Wildman–Crippen MR) is 107 cm³/mol. The predicted octanol–water partition coefficient (Wildman–Crippen LogP) is 2.29. The molecule has 1 aliphatic heterocycles. The van der Waals surface area contributed by atoms with E-state index in [-0.39, 0.29) is 17.9 Å². The molecule has 1 unspecified atom stereocenters. The Morgan fingerprint density at radius 3 is 2.74 bits per heavy atom. The Bertz CT molecular complexity index is 821. The average Bonchev–Trinajstić information content (AvgIpc) is 3.10. The number of nitrogen functional groups attached to an aromatic ring is 1. The molecule has 1 atom stereocenters. The second kappa shape index (κ2) is 8.68. The molecule has 0 saturated carbocycles. The molecule has 6 nitrogen and oxygen atoms in total. The molecular weight excluding hydrogens is 340 g/mol. The van der Waals surface area contributed by atoms with Gasteiger partial charge in [0.05, 0.1) is 6.04 Å². The van der Waals surface area contributed by atoms with Crippen molar-refractivity contribution < 1.29 is 9.59 Å². The number of para-hydroxylation sites is 1. The lowest BCUT2D eigenvalue weighted by atomic mass is 10.1. The number of aryl methyl sites for hydroxylation is 1. The number of nitrogens with zero attached hydrogens (tertiary/aromatic N) is 1. The molecule has 5 N–H and O–H groups in total. The minimum absolute atomic E-state index is 0.0495. The highest BCUT2D eigenvalue weighted by Crippen LogP contribution is 2.21. The van der Waals surface area contributed by atoms with Crippen molar-refractivity contribution in [3.8, 4) is 0 Å². The summed E-state index contributed by atoms with van der Waals surface area (Å²) >= 11 is 0. The third-order valence-corrected chi connectivity index (χ3v) is 4.96. The highest BCUT2D eigenvalue weighted by molar-refractivity contribution is 5.91. The van der Waals surface area contributed by atoms with Crippen LogP contribution in [-0.2, 0) is 22.6 Å². The molecule has 3 rings (SSSR count). The van der Waals surface area contributed by atoms with Crippen molar-refractivity contribution in [2.45, 2.75) is 38.3 Å². The van der Waals surface area contributed by atoms with Crippen LogP contribution in [0.2, 0.25) is 0 Å². The minimum atomic E-state index is -0.267. The number of hydrogen-bond acceptors (Lipinski definition) is 4. The number of benzene rings is 2. The summed E-state index contributed by atoms with van der Waals surface area (Å²) in [6.07, 6.45) is 2.77. The highest BCUT2D eigenvalue weighted by atomic mass is 16.2. The van der Waals surface area contributed by atoms with Gasteiger partial charge < -0.3 is 16.8 Å². The van der Waals surface area contributed by atoms with Gasteiger partial charge in [-0.2, -0.15) is 0 Å². The molecule has 1 heterocycles. The second-order valence-electron chi connectivity index (χ2n) is 6.98. The quantitative estimate of drug-likeness (QED) is 0.654. The molecule has 0 spiro atoms. The number of amides is 2. The first-order valence-electron chi connectivity index (χ1n) is 9.28. The summed E-state index contributed by atoms with van der Waals surface area (Å²) in [5.74, 6) is -0.316. The molecule has 1 fully saturated rings. The molecular formula is C21H26N4O2. The van der Waals surface area contributed by atoms with E-state index in [1.54, 1.807) is 0 Å². The summed E-state index contributed by atoms with van der Waals surface area (Å²) in [4.78, 5) is 25.9.